The molecule has 156 valence electrons. The summed E-state index contributed by atoms with van der Waals surface area (Å²) in [6.45, 7) is 0. The molecule has 2 unspecified atom stereocenters. The van der Waals surface area contributed by atoms with E-state index in [4.69, 9.17) is 10.5 Å². The van der Waals surface area contributed by atoms with Crippen LogP contribution in [0.15, 0.2) is 71.6 Å². The number of hydrogen-bond acceptors (Lipinski definition) is 4. The van der Waals surface area contributed by atoms with Crippen molar-refractivity contribution in [2.24, 2.45) is 5.73 Å². The fourth-order valence-corrected chi connectivity index (χ4v) is 4.36. The van der Waals surface area contributed by atoms with Gasteiger partial charge in [-0.05, 0) is 66.1 Å². The highest BCUT2D eigenvalue weighted by Crippen LogP contribution is 2.38. The van der Waals surface area contributed by atoms with Crippen LogP contribution >= 0.6 is 24.2 Å². The molecule has 0 spiro atoms. The number of carbonyl (C=O) groups is 1. The molecule has 0 amide bonds. The number of carboxylic acid groups (broad SMARTS) is 1. The fourth-order valence-electron chi connectivity index (χ4n) is 3.90. The van der Waals surface area contributed by atoms with Gasteiger partial charge in [0.25, 0.3) is 0 Å². The van der Waals surface area contributed by atoms with Gasteiger partial charge >= 0.3 is 5.97 Å². The summed E-state index contributed by atoms with van der Waals surface area (Å²) in [5.74, 6) is -0.226. The van der Waals surface area contributed by atoms with Crippen LogP contribution in [0.5, 0.6) is 11.5 Å². The maximum absolute atomic E-state index is 11.8. The molecule has 3 N–H and O–H groups in total. The van der Waals surface area contributed by atoms with Crippen molar-refractivity contribution in [1.29, 1.82) is 0 Å². The molecule has 2 atom stereocenters. The topological polar surface area (TPSA) is 72.5 Å². The summed E-state index contributed by atoms with van der Waals surface area (Å²) in [5, 5.41) is 9.66. The first-order chi connectivity index (χ1) is 14.1. The standard InChI is InChI=1S/C24H23NO3S.ClH/c1-29-18-6-4-5-16(13-18)19-7-2-3-8-22(19)28-17-11-9-15-10-12-21(25)23(24(26)27)20(15)14-17;/h2-9,11,13-14,21,23H,10,12,25H2,1H3,(H,26,27);1H. The summed E-state index contributed by atoms with van der Waals surface area (Å²) >= 11 is 1.70. The number of nitrogens with two attached hydrogens (primary N) is 1. The fraction of sp³-hybridized carbons (Fsp3) is 0.208. The van der Waals surface area contributed by atoms with E-state index >= 15 is 0 Å². The van der Waals surface area contributed by atoms with Gasteiger partial charge in [-0.15, -0.1) is 24.2 Å². The Hall–Kier alpha value is -2.47. The number of halogens is 1. The van der Waals surface area contributed by atoms with Crippen molar-refractivity contribution >= 4 is 30.1 Å². The second-order valence-corrected chi connectivity index (χ2v) is 8.09. The summed E-state index contributed by atoms with van der Waals surface area (Å²) < 4.78 is 6.23. The minimum Gasteiger partial charge on any atom is -0.481 e. The molecule has 6 heteroatoms. The summed E-state index contributed by atoms with van der Waals surface area (Å²) in [7, 11) is 0. The molecule has 4 rings (SSSR count). The lowest BCUT2D eigenvalue weighted by Crippen LogP contribution is -2.37. The Bertz CT molecular complexity index is 1060. The van der Waals surface area contributed by atoms with Crippen LogP contribution in [0.4, 0.5) is 0 Å². The van der Waals surface area contributed by atoms with Gasteiger partial charge in [0.1, 0.15) is 11.5 Å². The second-order valence-electron chi connectivity index (χ2n) is 7.21. The average molecular weight is 442 g/mol. The first kappa shape index (κ1) is 22.2. The molecule has 0 fully saturated rings. The Kier molecular flexibility index (Phi) is 7.08. The van der Waals surface area contributed by atoms with Gasteiger partial charge in [-0.25, -0.2) is 0 Å². The smallest absolute Gasteiger partial charge is 0.312 e. The van der Waals surface area contributed by atoms with Crippen LogP contribution < -0.4 is 10.5 Å². The quantitative estimate of drug-likeness (QED) is 0.494. The number of ether oxygens (including phenoxy) is 1. The van der Waals surface area contributed by atoms with Crippen LogP contribution in [-0.4, -0.2) is 23.4 Å². The Labute approximate surface area is 186 Å². The number of fused-ring (bicyclic) bond motifs is 1. The van der Waals surface area contributed by atoms with Gasteiger partial charge in [0.2, 0.25) is 0 Å². The number of thioether (sulfide) groups is 1. The Morgan fingerprint density at radius 1 is 1.10 bits per heavy atom. The Balaban J connectivity index is 0.00000256. The van der Waals surface area contributed by atoms with Crippen LogP contribution in [0.2, 0.25) is 0 Å². The van der Waals surface area contributed by atoms with Gasteiger partial charge in [0.15, 0.2) is 0 Å². The maximum atomic E-state index is 11.8. The molecule has 0 saturated carbocycles. The molecule has 0 heterocycles. The van der Waals surface area contributed by atoms with E-state index in [-0.39, 0.29) is 18.4 Å². The number of benzene rings is 3. The van der Waals surface area contributed by atoms with E-state index in [2.05, 4.69) is 24.5 Å². The molecule has 0 radical (unpaired) electrons. The van der Waals surface area contributed by atoms with Crippen molar-refractivity contribution in [3.05, 3.63) is 77.9 Å². The number of aliphatic carboxylic acids is 1. The van der Waals surface area contributed by atoms with E-state index in [0.29, 0.717) is 12.2 Å². The molecule has 0 aliphatic heterocycles. The highest BCUT2D eigenvalue weighted by Gasteiger charge is 2.33. The van der Waals surface area contributed by atoms with E-state index in [1.807, 2.05) is 48.5 Å². The zero-order valence-electron chi connectivity index (χ0n) is 16.6. The second kappa shape index (κ2) is 9.56. The molecule has 1 aliphatic rings. The van der Waals surface area contributed by atoms with Gasteiger partial charge in [-0.2, -0.15) is 0 Å². The minimum absolute atomic E-state index is 0. The van der Waals surface area contributed by atoms with Gasteiger partial charge in [-0.3, -0.25) is 4.79 Å². The van der Waals surface area contributed by atoms with Gasteiger partial charge < -0.3 is 15.6 Å². The van der Waals surface area contributed by atoms with Gasteiger partial charge in [0, 0.05) is 16.5 Å². The largest absolute Gasteiger partial charge is 0.481 e. The highest BCUT2D eigenvalue weighted by atomic mass is 35.5. The first-order valence-corrected chi connectivity index (χ1v) is 10.8. The maximum Gasteiger partial charge on any atom is 0.312 e. The number of para-hydroxylation sites is 1. The normalized spacial score (nSPS) is 17.5. The third kappa shape index (κ3) is 4.48. The summed E-state index contributed by atoms with van der Waals surface area (Å²) in [6, 6.07) is 21.5. The molecular formula is C24H24ClNO3S. The molecule has 0 bridgehead atoms. The molecular weight excluding hydrogens is 418 g/mol. The SMILES string of the molecule is CSc1cccc(-c2ccccc2Oc2ccc3c(c2)C(C(=O)O)C(N)CC3)c1.Cl. The highest BCUT2D eigenvalue weighted by molar-refractivity contribution is 7.98. The van der Waals surface area contributed by atoms with Gasteiger partial charge in [0.05, 0.1) is 5.92 Å². The lowest BCUT2D eigenvalue weighted by molar-refractivity contribution is -0.139. The van der Waals surface area contributed by atoms with E-state index < -0.39 is 11.9 Å². The number of rotatable bonds is 5. The van der Waals surface area contributed by atoms with Crippen molar-refractivity contribution in [3.63, 3.8) is 0 Å². The summed E-state index contributed by atoms with van der Waals surface area (Å²) in [5.41, 5.74) is 9.97. The van der Waals surface area contributed by atoms with Crippen LogP contribution in [0.3, 0.4) is 0 Å². The molecule has 30 heavy (non-hydrogen) atoms. The third-order valence-electron chi connectivity index (χ3n) is 5.39. The molecule has 3 aromatic carbocycles. The zero-order chi connectivity index (χ0) is 20.4. The lowest BCUT2D eigenvalue weighted by Gasteiger charge is -2.28. The van der Waals surface area contributed by atoms with Crippen LogP contribution in [-0.2, 0) is 11.2 Å². The number of aryl methyl sites for hydroxylation is 1. The minimum atomic E-state index is -0.884. The van der Waals surface area contributed by atoms with Crippen molar-refractivity contribution in [1.82, 2.24) is 0 Å². The predicted octanol–water partition coefficient (Wildman–Crippen LogP) is 5.73. The van der Waals surface area contributed by atoms with Crippen molar-refractivity contribution in [3.8, 4) is 22.6 Å². The van der Waals surface area contributed by atoms with Crippen LogP contribution in [0, 0.1) is 0 Å². The zero-order valence-corrected chi connectivity index (χ0v) is 18.2. The lowest BCUT2D eigenvalue weighted by atomic mass is 9.79. The van der Waals surface area contributed by atoms with Crippen molar-refractivity contribution in [2.45, 2.75) is 29.7 Å². The molecule has 1 aliphatic carbocycles. The van der Waals surface area contributed by atoms with E-state index in [9.17, 15) is 9.90 Å². The van der Waals surface area contributed by atoms with E-state index in [1.54, 1.807) is 11.8 Å². The monoisotopic (exact) mass is 441 g/mol. The molecule has 3 aromatic rings. The average Bonchev–Trinajstić information content (AvgIpc) is 2.73. The number of carboxylic acids is 1. The summed E-state index contributed by atoms with van der Waals surface area (Å²) in [4.78, 5) is 13.0. The predicted molar refractivity (Wildman–Crippen MR) is 124 cm³/mol. The molecule has 4 nitrogen and oxygen atoms in total. The molecule has 0 aromatic heterocycles. The first-order valence-electron chi connectivity index (χ1n) is 9.59. The van der Waals surface area contributed by atoms with E-state index in [0.717, 1.165) is 34.4 Å². The Morgan fingerprint density at radius 2 is 1.90 bits per heavy atom. The number of hydrogen-bond donors (Lipinski definition) is 2. The van der Waals surface area contributed by atoms with Crippen LogP contribution in [0.1, 0.15) is 23.5 Å². The Morgan fingerprint density at radius 3 is 2.67 bits per heavy atom. The van der Waals surface area contributed by atoms with Crippen molar-refractivity contribution < 1.29 is 14.6 Å². The van der Waals surface area contributed by atoms with Gasteiger partial charge in [-0.1, -0.05) is 36.4 Å². The van der Waals surface area contributed by atoms with Crippen LogP contribution in [0.25, 0.3) is 11.1 Å². The molecule has 0 saturated heterocycles. The third-order valence-corrected chi connectivity index (χ3v) is 6.11. The van der Waals surface area contributed by atoms with E-state index in [1.165, 1.54) is 4.90 Å². The summed E-state index contributed by atoms with van der Waals surface area (Å²) in [6.07, 6.45) is 3.52. The van der Waals surface area contributed by atoms with Crippen molar-refractivity contribution in [2.75, 3.05) is 6.26 Å².